The number of aliphatic hydroxyl groups is 1. The van der Waals surface area contributed by atoms with Crippen LogP contribution in [0.1, 0.15) is 61.3 Å². The van der Waals surface area contributed by atoms with Crippen molar-refractivity contribution < 1.29 is 5.11 Å². The summed E-state index contributed by atoms with van der Waals surface area (Å²) in [7, 11) is 0. The van der Waals surface area contributed by atoms with Crippen molar-refractivity contribution in [2.75, 3.05) is 6.61 Å². The normalized spacial score (nSPS) is 16.6. The number of hydrogen-bond donors (Lipinski definition) is 1. The number of aliphatic hydroxyl groups excluding tert-OH is 1. The van der Waals surface area contributed by atoms with Gasteiger partial charge in [0.2, 0.25) is 0 Å². The molecule has 5 heteroatoms. The van der Waals surface area contributed by atoms with E-state index in [1.807, 2.05) is 27.7 Å². The smallest absolute Gasteiger partial charge is 0.165 e. The van der Waals surface area contributed by atoms with E-state index in [1.54, 1.807) is 20.8 Å². The molecule has 2 atom stereocenters. The third-order valence-electron chi connectivity index (χ3n) is 2.58. The average Bonchev–Trinajstić information content (AvgIpc) is 2.36. The van der Waals surface area contributed by atoms with Gasteiger partial charge in [0.25, 0.3) is 0 Å². The lowest BCUT2D eigenvalue weighted by Crippen LogP contribution is -2.26. The summed E-state index contributed by atoms with van der Waals surface area (Å²) in [4.78, 5) is 0. The summed E-state index contributed by atoms with van der Waals surface area (Å²) in [5.74, 6) is 0.735. The number of azo groups is 1. The molecular formula is C16H30N4O. The standard InChI is InChI=1S/C14H24N4.C2H6O/c1-11(2)7-13(5,9-15)17-18-14(6,10-16)8-12(3)4;1-2-3/h11-12H,7-8H2,1-6H3;3H,2H2,1H3/b18-17+;. The van der Waals surface area contributed by atoms with E-state index in [1.165, 1.54) is 0 Å². The van der Waals surface area contributed by atoms with Crippen molar-refractivity contribution in [3.8, 4) is 12.1 Å². The van der Waals surface area contributed by atoms with Crippen LogP contribution in [-0.4, -0.2) is 22.8 Å². The van der Waals surface area contributed by atoms with Crippen LogP contribution >= 0.6 is 0 Å². The highest BCUT2D eigenvalue weighted by atomic mass is 16.2. The van der Waals surface area contributed by atoms with Gasteiger partial charge in [-0.05, 0) is 45.4 Å². The second kappa shape index (κ2) is 10.3. The molecule has 2 unspecified atom stereocenters. The molecule has 0 aromatic heterocycles. The van der Waals surface area contributed by atoms with Crippen molar-refractivity contribution >= 4 is 0 Å². The molecule has 0 aliphatic heterocycles. The molecule has 0 fully saturated rings. The molecule has 0 aliphatic carbocycles. The Balaban J connectivity index is 0. The molecule has 0 radical (unpaired) electrons. The fourth-order valence-corrected chi connectivity index (χ4v) is 2.03. The Morgan fingerprint density at radius 1 is 0.905 bits per heavy atom. The van der Waals surface area contributed by atoms with Gasteiger partial charge in [-0.2, -0.15) is 20.8 Å². The zero-order valence-electron chi connectivity index (χ0n) is 14.5. The van der Waals surface area contributed by atoms with Crippen LogP contribution in [-0.2, 0) is 0 Å². The second-order valence-corrected chi connectivity index (χ2v) is 6.48. The molecule has 0 saturated heterocycles. The summed E-state index contributed by atoms with van der Waals surface area (Å²) in [6, 6.07) is 4.38. The van der Waals surface area contributed by atoms with Gasteiger partial charge < -0.3 is 5.11 Å². The molecule has 0 aromatic carbocycles. The first-order valence-corrected chi connectivity index (χ1v) is 7.45. The number of hydrogen-bond acceptors (Lipinski definition) is 5. The van der Waals surface area contributed by atoms with Crippen LogP contribution in [0.15, 0.2) is 10.2 Å². The summed E-state index contributed by atoms with van der Waals surface area (Å²) < 4.78 is 0. The first kappa shape index (κ1) is 21.8. The van der Waals surface area contributed by atoms with Gasteiger partial charge in [0.1, 0.15) is 0 Å². The van der Waals surface area contributed by atoms with Gasteiger partial charge in [0.15, 0.2) is 11.1 Å². The lowest BCUT2D eigenvalue weighted by molar-refractivity contribution is 0.318. The van der Waals surface area contributed by atoms with Gasteiger partial charge in [0.05, 0.1) is 12.1 Å². The number of nitrogens with zero attached hydrogens (tertiary/aromatic N) is 4. The van der Waals surface area contributed by atoms with Gasteiger partial charge in [-0.3, -0.25) is 0 Å². The summed E-state index contributed by atoms with van der Waals surface area (Å²) in [5.41, 5.74) is -1.66. The number of rotatable bonds is 6. The van der Waals surface area contributed by atoms with Crippen molar-refractivity contribution in [1.29, 1.82) is 10.5 Å². The van der Waals surface area contributed by atoms with Gasteiger partial charge in [0, 0.05) is 6.61 Å². The molecule has 0 spiro atoms. The molecule has 0 saturated carbocycles. The summed E-state index contributed by atoms with van der Waals surface area (Å²) in [5, 5.41) is 34.3. The van der Waals surface area contributed by atoms with Gasteiger partial charge >= 0.3 is 0 Å². The van der Waals surface area contributed by atoms with Crippen LogP contribution in [0.5, 0.6) is 0 Å². The van der Waals surface area contributed by atoms with E-state index in [9.17, 15) is 10.5 Å². The van der Waals surface area contributed by atoms with Gasteiger partial charge in [-0.25, -0.2) is 0 Å². The Hall–Kier alpha value is -1.46. The number of nitriles is 2. The Morgan fingerprint density at radius 3 is 1.29 bits per heavy atom. The maximum Gasteiger partial charge on any atom is 0.165 e. The van der Waals surface area contributed by atoms with Crippen LogP contribution in [0.2, 0.25) is 0 Å². The zero-order chi connectivity index (χ0) is 17.1. The van der Waals surface area contributed by atoms with E-state index in [4.69, 9.17) is 5.11 Å². The first-order valence-electron chi connectivity index (χ1n) is 7.45. The summed E-state index contributed by atoms with van der Waals surface area (Å²) in [6.07, 6.45) is 1.30. The van der Waals surface area contributed by atoms with Crippen LogP contribution in [0, 0.1) is 34.5 Å². The lowest BCUT2D eigenvalue weighted by Gasteiger charge is -2.22. The van der Waals surface area contributed by atoms with Crippen LogP contribution in [0.25, 0.3) is 0 Å². The molecule has 1 N–H and O–H groups in total. The van der Waals surface area contributed by atoms with E-state index < -0.39 is 11.1 Å². The predicted molar refractivity (Wildman–Crippen MR) is 84.6 cm³/mol. The molecule has 0 aliphatic rings. The quantitative estimate of drug-likeness (QED) is 0.747. The molecule has 0 rings (SSSR count). The summed E-state index contributed by atoms with van der Waals surface area (Å²) in [6.45, 7) is 13.6. The molecule has 5 nitrogen and oxygen atoms in total. The molecular weight excluding hydrogens is 264 g/mol. The Labute approximate surface area is 129 Å². The minimum atomic E-state index is -0.830. The summed E-state index contributed by atoms with van der Waals surface area (Å²) >= 11 is 0. The van der Waals surface area contributed by atoms with Crippen LogP contribution in [0.4, 0.5) is 0 Å². The van der Waals surface area contributed by atoms with Crippen LogP contribution < -0.4 is 0 Å². The third kappa shape index (κ3) is 10.9. The highest BCUT2D eigenvalue weighted by Crippen LogP contribution is 2.25. The van der Waals surface area contributed by atoms with Crippen molar-refractivity contribution in [3.63, 3.8) is 0 Å². The fourth-order valence-electron chi connectivity index (χ4n) is 2.03. The van der Waals surface area contributed by atoms with E-state index in [0.29, 0.717) is 24.7 Å². The van der Waals surface area contributed by atoms with Gasteiger partial charge in [-0.1, -0.05) is 27.7 Å². The molecule has 21 heavy (non-hydrogen) atoms. The Morgan fingerprint density at radius 2 is 1.14 bits per heavy atom. The van der Waals surface area contributed by atoms with Crippen molar-refractivity contribution in [3.05, 3.63) is 0 Å². The molecule has 120 valence electrons. The SMILES string of the molecule is CC(C)CC(C)(C#N)/N=N/C(C)(C#N)CC(C)C.CCO. The second-order valence-electron chi connectivity index (χ2n) is 6.48. The zero-order valence-corrected chi connectivity index (χ0v) is 14.5. The molecule has 0 bridgehead atoms. The van der Waals surface area contributed by atoms with Gasteiger partial charge in [-0.15, -0.1) is 0 Å². The Kier molecular flexibility index (Phi) is 10.7. The van der Waals surface area contributed by atoms with E-state index in [2.05, 4.69) is 22.4 Å². The van der Waals surface area contributed by atoms with Crippen molar-refractivity contribution in [2.45, 2.75) is 72.4 Å². The molecule has 0 aromatic rings. The van der Waals surface area contributed by atoms with E-state index >= 15 is 0 Å². The fraction of sp³-hybridized carbons (Fsp3) is 0.875. The first-order chi connectivity index (χ1) is 9.58. The third-order valence-corrected chi connectivity index (χ3v) is 2.58. The average molecular weight is 294 g/mol. The minimum Gasteiger partial charge on any atom is -0.397 e. The van der Waals surface area contributed by atoms with Crippen molar-refractivity contribution in [2.24, 2.45) is 22.1 Å². The van der Waals surface area contributed by atoms with Crippen molar-refractivity contribution in [1.82, 2.24) is 0 Å². The van der Waals surface area contributed by atoms with E-state index in [0.717, 1.165) is 0 Å². The maximum absolute atomic E-state index is 9.20. The Bertz CT molecular complexity index is 356. The molecule has 0 amide bonds. The topological polar surface area (TPSA) is 92.5 Å². The van der Waals surface area contributed by atoms with Crippen LogP contribution in [0.3, 0.4) is 0 Å². The monoisotopic (exact) mass is 294 g/mol. The predicted octanol–water partition coefficient (Wildman–Crippen LogP) is 4.09. The highest BCUT2D eigenvalue weighted by molar-refractivity contribution is 5.07. The highest BCUT2D eigenvalue weighted by Gasteiger charge is 2.29. The van der Waals surface area contributed by atoms with E-state index in [-0.39, 0.29) is 6.61 Å². The molecule has 0 heterocycles. The largest absolute Gasteiger partial charge is 0.397 e. The maximum atomic E-state index is 9.20. The lowest BCUT2D eigenvalue weighted by atomic mass is 9.92. The minimum absolute atomic E-state index is 0.250.